The van der Waals surface area contributed by atoms with Gasteiger partial charge in [0.1, 0.15) is 16.7 Å². The van der Waals surface area contributed by atoms with Crippen molar-refractivity contribution in [3.05, 3.63) is 72.8 Å². The molecule has 2 heterocycles. The third-order valence-electron chi connectivity index (χ3n) is 4.30. The van der Waals surface area contributed by atoms with E-state index in [0.717, 1.165) is 27.8 Å². The van der Waals surface area contributed by atoms with E-state index in [1.54, 1.807) is 16.1 Å². The number of hydrogen-bond donors (Lipinski definition) is 2. The fourth-order valence-corrected chi connectivity index (χ4v) is 6.42. The minimum atomic E-state index is -3.12. The van der Waals surface area contributed by atoms with Crippen molar-refractivity contribution >= 4 is 48.4 Å². The van der Waals surface area contributed by atoms with Crippen LogP contribution in [-0.4, -0.2) is 23.9 Å². The average Bonchev–Trinajstić information content (AvgIpc) is 3.05. The summed E-state index contributed by atoms with van der Waals surface area (Å²) in [5, 5.41) is 0. The molecular formula is C18H14N3O2SSi+. The molecule has 122 valence electrons. The van der Waals surface area contributed by atoms with Gasteiger partial charge in [0, 0.05) is 6.07 Å². The van der Waals surface area contributed by atoms with Gasteiger partial charge in [-0.05, 0) is 30.3 Å². The number of hydrogen-bond acceptors (Lipinski definition) is 4. The van der Waals surface area contributed by atoms with Gasteiger partial charge in [-0.15, -0.1) is 0 Å². The summed E-state index contributed by atoms with van der Waals surface area (Å²) >= 11 is 0. The maximum Gasteiger partial charge on any atom is 0.672 e. The second-order valence-corrected chi connectivity index (χ2v) is 9.10. The van der Waals surface area contributed by atoms with Gasteiger partial charge in [0.25, 0.3) is 0 Å². The highest BCUT2D eigenvalue weighted by atomic mass is 32.3. The molecule has 3 aromatic carbocycles. The summed E-state index contributed by atoms with van der Waals surface area (Å²) in [5.41, 5.74) is 4.49. The molecule has 4 aromatic rings. The summed E-state index contributed by atoms with van der Waals surface area (Å²) in [5.74, 6) is 0. The van der Waals surface area contributed by atoms with Gasteiger partial charge in [-0.3, -0.25) is 9.11 Å². The Hall–Kier alpha value is -2.45. The van der Waals surface area contributed by atoms with Crippen molar-refractivity contribution in [1.82, 2.24) is 4.98 Å². The molecule has 0 saturated heterocycles. The number of para-hydroxylation sites is 3. The molecule has 0 bridgehead atoms. The molecule has 0 atom stereocenters. The zero-order valence-electron chi connectivity index (χ0n) is 13.1. The lowest BCUT2D eigenvalue weighted by atomic mass is 10.2. The van der Waals surface area contributed by atoms with Crippen molar-refractivity contribution in [2.45, 2.75) is 4.90 Å². The van der Waals surface area contributed by atoms with E-state index in [-0.39, 0.29) is 9.84 Å². The Kier molecular flexibility index (Phi) is 3.13. The first-order valence-corrected chi connectivity index (χ1v) is 10.2. The van der Waals surface area contributed by atoms with Crippen molar-refractivity contribution in [3.8, 4) is 0 Å². The summed E-state index contributed by atoms with van der Waals surface area (Å²) in [6.45, 7) is 0. The highest BCUT2D eigenvalue weighted by Gasteiger charge is 2.43. The van der Waals surface area contributed by atoms with E-state index in [0.29, 0.717) is 4.90 Å². The summed E-state index contributed by atoms with van der Waals surface area (Å²) < 4.78 is 25.9. The topological polar surface area (TPSA) is 60.5 Å². The van der Waals surface area contributed by atoms with Crippen LogP contribution in [0.3, 0.4) is 0 Å². The third kappa shape index (κ3) is 2.10. The number of fused-ring (bicyclic) bond motifs is 2. The van der Waals surface area contributed by atoms with E-state index in [4.69, 9.17) is 4.98 Å². The molecule has 1 aromatic heterocycles. The number of aromatic nitrogens is 2. The fraction of sp³-hybridized carbons (Fsp3) is 0. The lowest BCUT2D eigenvalue weighted by molar-refractivity contribution is -0.464. The zero-order valence-corrected chi connectivity index (χ0v) is 14.9. The predicted octanol–water partition coefficient (Wildman–Crippen LogP) is 3.60. The quantitative estimate of drug-likeness (QED) is 0.421. The summed E-state index contributed by atoms with van der Waals surface area (Å²) in [6.07, 6.45) is 0. The van der Waals surface area contributed by atoms with E-state index in [1.165, 1.54) is 0 Å². The first-order valence-electron chi connectivity index (χ1n) is 7.80. The maximum absolute atomic E-state index is 11.0. The number of nitrogens with zero attached hydrogens (tertiary/aromatic N) is 3. The molecule has 0 amide bonds. The molecule has 5 rings (SSSR count). The van der Waals surface area contributed by atoms with Gasteiger partial charge in [0.05, 0.1) is 4.90 Å². The van der Waals surface area contributed by atoms with Crippen LogP contribution in [0.2, 0.25) is 0 Å². The van der Waals surface area contributed by atoms with Crippen LogP contribution in [0.5, 0.6) is 0 Å². The van der Waals surface area contributed by atoms with E-state index in [1.807, 2.05) is 60.7 Å². The van der Waals surface area contributed by atoms with Crippen LogP contribution in [0.25, 0.3) is 22.1 Å². The van der Waals surface area contributed by atoms with Gasteiger partial charge in [0.2, 0.25) is 11.0 Å². The van der Waals surface area contributed by atoms with Crippen LogP contribution < -0.4 is 8.20 Å². The normalized spacial score (nSPS) is 14.4. The Morgan fingerprint density at radius 3 is 2.40 bits per heavy atom. The standard InChI is InChI=1S/C18H14N3O2SSi/c22-24(23,13-7-2-1-3-8-13)21-17-12-6-10-15-18(17)20(25-21)16-11-5-4-9-14(16)19-15/h1-12,22-23H/q+1. The Labute approximate surface area is 148 Å². The highest BCUT2D eigenvalue weighted by molar-refractivity contribution is 8.26. The van der Waals surface area contributed by atoms with Crippen molar-refractivity contribution in [2.24, 2.45) is 0 Å². The van der Waals surface area contributed by atoms with Crippen molar-refractivity contribution in [3.63, 3.8) is 0 Å². The number of rotatable bonds is 2. The number of benzene rings is 3. The molecule has 7 heteroatoms. The van der Waals surface area contributed by atoms with Crippen LogP contribution in [-0.2, 0) is 0 Å². The van der Waals surface area contributed by atoms with Crippen LogP contribution in [0.1, 0.15) is 0 Å². The predicted molar refractivity (Wildman–Crippen MR) is 101 cm³/mol. The van der Waals surface area contributed by atoms with Gasteiger partial charge in [0.15, 0.2) is 0 Å². The molecule has 1 aliphatic rings. The van der Waals surface area contributed by atoms with Crippen LogP contribution in [0, 0.1) is 0 Å². The molecular weight excluding hydrogens is 350 g/mol. The van der Waals surface area contributed by atoms with Crippen molar-refractivity contribution < 1.29 is 13.3 Å². The van der Waals surface area contributed by atoms with E-state index >= 15 is 0 Å². The second kappa shape index (κ2) is 5.27. The molecule has 2 N–H and O–H groups in total. The third-order valence-corrected chi connectivity index (χ3v) is 8.01. The van der Waals surface area contributed by atoms with Crippen molar-refractivity contribution in [1.29, 1.82) is 0 Å². The summed E-state index contributed by atoms with van der Waals surface area (Å²) in [7, 11) is -3.06. The van der Waals surface area contributed by atoms with Crippen LogP contribution in [0.15, 0.2) is 77.7 Å². The van der Waals surface area contributed by atoms with Gasteiger partial charge in [-0.1, -0.05) is 47.2 Å². The molecule has 0 aliphatic carbocycles. The monoisotopic (exact) mass is 364 g/mol. The van der Waals surface area contributed by atoms with Gasteiger partial charge >= 0.3 is 9.84 Å². The lowest BCUT2D eigenvalue weighted by Gasteiger charge is -2.38. The summed E-state index contributed by atoms with van der Waals surface area (Å²) in [6, 6.07) is 22.7. The van der Waals surface area contributed by atoms with Crippen molar-refractivity contribution in [2.75, 3.05) is 3.97 Å². The van der Waals surface area contributed by atoms with E-state index in [9.17, 15) is 9.11 Å². The smallest absolute Gasteiger partial charge is 0.278 e. The lowest BCUT2D eigenvalue weighted by Crippen LogP contribution is -2.47. The Bertz CT molecular complexity index is 1120. The average molecular weight is 364 g/mol. The molecule has 5 nitrogen and oxygen atoms in total. The number of anilines is 1. The molecule has 0 saturated carbocycles. The maximum atomic E-state index is 11.0. The van der Waals surface area contributed by atoms with Crippen LogP contribution in [0.4, 0.5) is 5.69 Å². The second-order valence-electron chi connectivity index (χ2n) is 5.81. The van der Waals surface area contributed by atoms with Crippen LogP contribution >= 0.6 is 10.8 Å². The molecule has 0 spiro atoms. The molecule has 0 fully saturated rings. The first-order chi connectivity index (χ1) is 12.2. The van der Waals surface area contributed by atoms with Gasteiger partial charge in [-0.2, -0.15) is 0 Å². The highest BCUT2D eigenvalue weighted by Crippen LogP contribution is 2.54. The minimum Gasteiger partial charge on any atom is -0.278 e. The summed E-state index contributed by atoms with van der Waals surface area (Å²) in [4.78, 5) is 5.25. The zero-order chi connectivity index (χ0) is 17.0. The molecule has 25 heavy (non-hydrogen) atoms. The molecule has 1 aliphatic heterocycles. The Morgan fingerprint density at radius 1 is 0.840 bits per heavy atom. The SMILES string of the molecule is OS(O)(c1ccccc1)N1[Si][n+]2c3ccccc3nc3cccc1c32. The largest absolute Gasteiger partial charge is 0.672 e. The Balaban J connectivity index is 1.77. The first kappa shape index (κ1) is 14.9. The Morgan fingerprint density at radius 2 is 1.56 bits per heavy atom. The van der Waals surface area contributed by atoms with E-state index in [2.05, 4.69) is 4.23 Å². The molecule has 2 radical (unpaired) electrons. The minimum absolute atomic E-state index is 0.0638. The van der Waals surface area contributed by atoms with E-state index < -0.39 is 10.8 Å². The molecule has 0 unspecified atom stereocenters. The fourth-order valence-electron chi connectivity index (χ4n) is 3.15. The van der Waals surface area contributed by atoms with Gasteiger partial charge in [-0.25, -0.2) is 13.2 Å². The van der Waals surface area contributed by atoms with Gasteiger partial charge < -0.3 is 0 Å².